The Labute approximate surface area is 255 Å². The number of hydrogen-bond acceptors (Lipinski definition) is 8. The second-order valence-electron chi connectivity index (χ2n) is 8.72. The van der Waals surface area contributed by atoms with Gasteiger partial charge in [0.15, 0.2) is 11.8 Å². The molecule has 10 nitrogen and oxygen atoms in total. The van der Waals surface area contributed by atoms with E-state index in [4.69, 9.17) is 15.2 Å². The van der Waals surface area contributed by atoms with Crippen LogP contribution in [0.1, 0.15) is 21.6 Å². The third kappa shape index (κ3) is 7.70. The molecule has 0 atom stereocenters. The lowest BCUT2D eigenvalue weighted by Gasteiger charge is -2.24. The Balaban J connectivity index is 1.67. The van der Waals surface area contributed by atoms with Gasteiger partial charge in [0.25, 0.3) is 0 Å². The van der Waals surface area contributed by atoms with Crippen molar-refractivity contribution < 1.29 is 37.0 Å². The number of rotatable bonds is 10. The molecule has 42 heavy (non-hydrogen) atoms. The highest BCUT2D eigenvalue weighted by Gasteiger charge is 2.29. The van der Waals surface area contributed by atoms with Gasteiger partial charge in [0.2, 0.25) is 5.91 Å². The minimum absolute atomic E-state index is 0.0145. The van der Waals surface area contributed by atoms with Crippen LogP contribution in [0.5, 0.6) is 5.75 Å². The Kier molecular flexibility index (Phi) is 9.93. The molecule has 0 fully saturated rings. The number of carbonyl (C=O) groups is 3. The van der Waals surface area contributed by atoms with E-state index in [1.807, 2.05) is 0 Å². The molecule has 220 valence electrons. The van der Waals surface area contributed by atoms with E-state index in [9.17, 15) is 27.6 Å². The quantitative estimate of drug-likeness (QED) is 0.118. The first-order chi connectivity index (χ1) is 19.9. The third-order valence-corrected chi connectivity index (χ3v) is 7.20. The molecular formula is C27H23F3IN5O5S. The Morgan fingerprint density at radius 1 is 1.10 bits per heavy atom. The predicted octanol–water partition coefficient (Wildman–Crippen LogP) is 6.12. The van der Waals surface area contributed by atoms with Crippen LogP contribution in [0.2, 0.25) is 0 Å². The molecule has 0 aliphatic heterocycles. The SMILES string of the molecule is Cc1c(OCC(F)(F)F)ccnc1CSc1nc2ccccc2n1C(=O)N(CCOC(=O)I)c1ccc(C(N)=O)cc1. The number of pyridine rings is 1. The monoisotopic (exact) mass is 713 g/mol. The fourth-order valence-corrected chi connectivity index (χ4v) is 5.16. The van der Waals surface area contributed by atoms with Crippen LogP contribution in [-0.2, 0) is 10.5 Å². The number of ether oxygens (including phenoxy) is 2. The molecule has 2 heterocycles. The van der Waals surface area contributed by atoms with Crippen molar-refractivity contribution in [3.63, 3.8) is 0 Å². The highest BCUT2D eigenvalue weighted by atomic mass is 127. The van der Waals surface area contributed by atoms with Crippen molar-refractivity contribution in [3.05, 3.63) is 77.6 Å². The number of hydrogen-bond donors (Lipinski definition) is 1. The molecular weight excluding hydrogens is 690 g/mol. The fourth-order valence-electron chi connectivity index (χ4n) is 3.92. The van der Waals surface area contributed by atoms with Gasteiger partial charge >= 0.3 is 16.2 Å². The van der Waals surface area contributed by atoms with Gasteiger partial charge < -0.3 is 15.2 Å². The summed E-state index contributed by atoms with van der Waals surface area (Å²) in [6.07, 6.45) is -3.13. The summed E-state index contributed by atoms with van der Waals surface area (Å²) in [5.41, 5.74) is 7.93. The maximum Gasteiger partial charge on any atom is 0.422 e. The van der Waals surface area contributed by atoms with E-state index in [-0.39, 0.29) is 30.2 Å². The summed E-state index contributed by atoms with van der Waals surface area (Å²) in [6, 6.07) is 13.9. The number of halogens is 4. The van der Waals surface area contributed by atoms with E-state index in [0.717, 1.165) is 11.8 Å². The van der Waals surface area contributed by atoms with Crippen molar-refractivity contribution in [3.8, 4) is 5.75 Å². The molecule has 4 aromatic rings. The molecule has 2 amide bonds. The molecule has 15 heteroatoms. The average Bonchev–Trinajstić information content (AvgIpc) is 3.31. The summed E-state index contributed by atoms with van der Waals surface area (Å²) in [5, 5.41) is 0.300. The number of anilines is 1. The highest BCUT2D eigenvalue weighted by Crippen LogP contribution is 2.31. The average molecular weight is 713 g/mol. The smallest absolute Gasteiger partial charge is 0.422 e. The van der Waals surface area contributed by atoms with Gasteiger partial charge in [-0.1, -0.05) is 23.9 Å². The number of nitrogens with zero attached hydrogens (tertiary/aromatic N) is 4. The van der Waals surface area contributed by atoms with Crippen molar-refractivity contribution >= 4 is 67.0 Å². The van der Waals surface area contributed by atoms with Crippen LogP contribution in [0.4, 0.5) is 28.4 Å². The van der Waals surface area contributed by atoms with Gasteiger partial charge in [-0.05, 0) is 49.4 Å². The zero-order chi connectivity index (χ0) is 30.4. The maximum absolute atomic E-state index is 14.1. The van der Waals surface area contributed by atoms with Crippen LogP contribution in [0.25, 0.3) is 11.0 Å². The first-order valence-electron chi connectivity index (χ1n) is 12.2. The van der Waals surface area contributed by atoms with Crippen molar-refractivity contribution in [2.24, 2.45) is 5.73 Å². The second kappa shape index (κ2) is 13.4. The third-order valence-electron chi connectivity index (χ3n) is 5.93. The number of benzene rings is 2. The fraction of sp³-hybridized carbons (Fsp3) is 0.222. The van der Waals surface area contributed by atoms with E-state index in [0.29, 0.717) is 33.1 Å². The lowest BCUT2D eigenvalue weighted by molar-refractivity contribution is -0.153. The molecule has 0 bridgehead atoms. The van der Waals surface area contributed by atoms with E-state index in [2.05, 4.69) is 9.97 Å². The topological polar surface area (TPSA) is 130 Å². The number of fused-ring (bicyclic) bond motifs is 1. The normalized spacial score (nSPS) is 11.4. The standard InChI is InChI=1S/C27H23F3IN5O5S/c1-16-20(33-11-10-22(16)41-15-27(28,29)30)14-42-25-34-19-4-2-3-5-21(19)36(25)26(39)35(12-13-40-24(31)38)18-8-6-17(7-9-18)23(32)37/h2-11H,12-15H2,1H3,(H2,32,37). The minimum Gasteiger partial charge on any atom is -0.484 e. The summed E-state index contributed by atoms with van der Waals surface area (Å²) in [6.45, 7) is 0.0554. The van der Waals surface area contributed by atoms with Crippen LogP contribution in [0.15, 0.2) is 66.0 Å². The summed E-state index contributed by atoms with van der Waals surface area (Å²) in [5.74, 6) is -0.405. The second-order valence-corrected chi connectivity index (χ2v) is 10.5. The Morgan fingerprint density at radius 3 is 2.48 bits per heavy atom. The molecule has 0 radical (unpaired) electrons. The van der Waals surface area contributed by atoms with Crippen molar-refractivity contribution in [2.45, 2.75) is 24.0 Å². The van der Waals surface area contributed by atoms with Crippen LogP contribution >= 0.6 is 34.4 Å². The van der Waals surface area contributed by atoms with E-state index in [1.54, 1.807) is 43.3 Å². The molecule has 0 aliphatic carbocycles. The lowest BCUT2D eigenvalue weighted by atomic mass is 10.2. The van der Waals surface area contributed by atoms with Gasteiger partial charge in [-0.2, -0.15) is 13.2 Å². The lowest BCUT2D eigenvalue weighted by Crippen LogP contribution is -2.37. The van der Waals surface area contributed by atoms with Crippen molar-refractivity contribution in [2.75, 3.05) is 24.7 Å². The van der Waals surface area contributed by atoms with Crippen molar-refractivity contribution in [1.82, 2.24) is 14.5 Å². The Morgan fingerprint density at radius 2 is 1.81 bits per heavy atom. The summed E-state index contributed by atoms with van der Waals surface area (Å²) in [4.78, 5) is 47.3. The van der Waals surface area contributed by atoms with Gasteiger partial charge in [-0.3, -0.25) is 14.7 Å². The predicted molar refractivity (Wildman–Crippen MR) is 158 cm³/mol. The number of primary amides is 1. The van der Waals surface area contributed by atoms with Crippen LogP contribution in [0, 0.1) is 6.92 Å². The number of nitrogens with two attached hydrogens (primary N) is 1. The Hall–Kier alpha value is -3.86. The van der Waals surface area contributed by atoms with Gasteiger partial charge in [-0.15, -0.1) is 0 Å². The van der Waals surface area contributed by atoms with Gasteiger partial charge in [0, 0.05) is 28.8 Å². The maximum atomic E-state index is 14.1. The minimum atomic E-state index is -4.49. The molecule has 0 aliphatic rings. The molecule has 2 aromatic heterocycles. The Bertz CT molecular complexity index is 1610. The van der Waals surface area contributed by atoms with E-state index < -0.39 is 28.7 Å². The molecule has 4 rings (SSSR count). The number of imidazole rings is 1. The van der Waals surface area contributed by atoms with E-state index >= 15 is 0 Å². The molecule has 2 N–H and O–H groups in total. The number of aromatic nitrogens is 3. The van der Waals surface area contributed by atoms with Gasteiger partial charge in [-0.25, -0.2) is 19.1 Å². The number of amides is 2. The summed E-state index contributed by atoms with van der Waals surface area (Å²) < 4.78 is 48.9. The van der Waals surface area contributed by atoms with Crippen LogP contribution in [-0.4, -0.2) is 56.4 Å². The largest absolute Gasteiger partial charge is 0.484 e. The number of alkyl halides is 3. The van der Waals surface area contributed by atoms with Crippen LogP contribution in [0.3, 0.4) is 0 Å². The van der Waals surface area contributed by atoms with Crippen LogP contribution < -0.4 is 15.4 Å². The van der Waals surface area contributed by atoms with Gasteiger partial charge in [0.05, 0.1) is 45.9 Å². The summed E-state index contributed by atoms with van der Waals surface area (Å²) >= 11 is 2.65. The molecule has 2 aromatic carbocycles. The highest BCUT2D eigenvalue weighted by molar-refractivity contribution is 14.1. The van der Waals surface area contributed by atoms with Crippen molar-refractivity contribution in [1.29, 1.82) is 0 Å². The van der Waals surface area contributed by atoms with E-state index in [1.165, 1.54) is 56.5 Å². The first kappa shape index (κ1) is 31.1. The number of carbonyl (C=O) groups excluding carboxylic acids is 3. The zero-order valence-corrected chi connectivity index (χ0v) is 24.9. The van der Waals surface area contributed by atoms with Gasteiger partial charge in [0.1, 0.15) is 12.4 Å². The molecule has 0 unspecified atom stereocenters. The zero-order valence-electron chi connectivity index (χ0n) is 21.9. The summed E-state index contributed by atoms with van der Waals surface area (Å²) in [7, 11) is 0. The molecule has 0 saturated heterocycles. The molecule has 0 spiro atoms. The first-order valence-corrected chi connectivity index (χ1v) is 14.3. The number of para-hydroxylation sites is 2. The number of thioether (sulfide) groups is 1. The molecule has 0 saturated carbocycles.